The molecule has 25 heavy (non-hydrogen) atoms. The molecule has 2 rings (SSSR count). The van der Waals surface area contributed by atoms with Gasteiger partial charge in [-0.25, -0.2) is 4.39 Å². The third-order valence-corrected chi connectivity index (χ3v) is 4.05. The third-order valence-electron chi connectivity index (χ3n) is 4.05. The number of benzene rings is 2. The van der Waals surface area contributed by atoms with Crippen molar-refractivity contribution in [1.29, 1.82) is 0 Å². The number of hydrogen-bond acceptors (Lipinski definition) is 2. The standard InChI is InChI=1S/C20H22FNO3/c1-14(5-6-16-3-2-4-17(21)13-16)20(25)22-18-10-7-15(8-11-18)9-12-19(23)24/h2-4,7-8,10-11,13-14H,5-6,9,12H2,1H3,(H,22,25)(H,23,24). The van der Waals surface area contributed by atoms with Gasteiger partial charge in [0.05, 0.1) is 0 Å². The lowest BCUT2D eigenvalue weighted by Crippen LogP contribution is -2.20. The summed E-state index contributed by atoms with van der Waals surface area (Å²) in [6.07, 6.45) is 1.82. The van der Waals surface area contributed by atoms with Gasteiger partial charge in [0.1, 0.15) is 5.82 Å². The molecule has 0 aliphatic carbocycles. The summed E-state index contributed by atoms with van der Waals surface area (Å²) in [5, 5.41) is 11.5. The van der Waals surface area contributed by atoms with Gasteiger partial charge in [-0.2, -0.15) is 0 Å². The SMILES string of the molecule is CC(CCc1cccc(F)c1)C(=O)Nc1ccc(CCC(=O)O)cc1. The van der Waals surface area contributed by atoms with Gasteiger partial charge in [-0.3, -0.25) is 9.59 Å². The van der Waals surface area contributed by atoms with Crippen LogP contribution >= 0.6 is 0 Å². The molecule has 0 fully saturated rings. The van der Waals surface area contributed by atoms with E-state index in [0.717, 1.165) is 11.1 Å². The summed E-state index contributed by atoms with van der Waals surface area (Å²) >= 11 is 0. The minimum absolute atomic E-state index is 0.0861. The van der Waals surface area contributed by atoms with E-state index >= 15 is 0 Å². The van der Waals surface area contributed by atoms with Gasteiger partial charge in [-0.1, -0.05) is 31.2 Å². The molecule has 2 N–H and O–H groups in total. The first kappa shape index (κ1) is 18.6. The average Bonchev–Trinajstić information content (AvgIpc) is 2.59. The van der Waals surface area contributed by atoms with E-state index in [2.05, 4.69) is 5.32 Å². The van der Waals surface area contributed by atoms with Crippen molar-refractivity contribution >= 4 is 17.6 Å². The van der Waals surface area contributed by atoms with E-state index < -0.39 is 5.97 Å². The Morgan fingerprint density at radius 3 is 2.44 bits per heavy atom. The van der Waals surface area contributed by atoms with Crippen molar-refractivity contribution < 1.29 is 19.1 Å². The quantitative estimate of drug-likeness (QED) is 0.760. The molecule has 0 saturated carbocycles. The number of amides is 1. The van der Waals surface area contributed by atoms with Gasteiger partial charge in [-0.05, 0) is 54.7 Å². The summed E-state index contributed by atoms with van der Waals surface area (Å²) in [4.78, 5) is 22.8. The Morgan fingerprint density at radius 2 is 1.80 bits per heavy atom. The van der Waals surface area contributed by atoms with Crippen molar-refractivity contribution in [3.05, 3.63) is 65.5 Å². The van der Waals surface area contributed by atoms with Crippen LogP contribution in [0.4, 0.5) is 10.1 Å². The Balaban J connectivity index is 1.82. The Kier molecular flexibility index (Phi) is 6.69. The lowest BCUT2D eigenvalue weighted by molar-refractivity contribution is -0.137. The first-order chi connectivity index (χ1) is 11.9. The fraction of sp³-hybridized carbons (Fsp3) is 0.300. The zero-order valence-corrected chi connectivity index (χ0v) is 14.2. The lowest BCUT2D eigenvalue weighted by Gasteiger charge is -2.12. The third kappa shape index (κ3) is 6.37. The van der Waals surface area contributed by atoms with Gasteiger partial charge in [0, 0.05) is 18.0 Å². The average molecular weight is 343 g/mol. The first-order valence-electron chi connectivity index (χ1n) is 8.30. The highest BCUT2D eigenvalue weighted by Gasteiger charge is 2.13. The Morgan fingerprint density at radius 1 is 1.08 bits per heavy atom. The highest BCUT2D eigenvalue weighted by Crippen LogP contribution is 2.15. The maximum atomic E-state index is 13.2. The Bertz CT molecular complexity index is 728. The molecule has 0 bridgehead atoms. The van der Waals surface area contributed by atoms with Crippen LogP contribution in [0.15, 0.2) is 48.5 Å². The zero-order chi connectivity index (χ0) is 18.2. The van der Waals surface area contributed by atoms with Crippen molar-refractivity contribution in [1.82, 2.24) is 0 Å². The molecule has 1 atom stereocenters. The molecule has 0 heterocycles. The number of aliphatic carboxylic acids is 1. The molecule has 0 aromatic heterocycles. The van der Waals surface area contributed by atoms with E-state index in [1.165, 1.54) is 12.1 Å². The number of carboxylic acid groups (broad SMARTS) is 1. The molecule has 4 nitrogen and oxygen atoms in total. The maximum absolute atomic E-state index is 13.2. The van der Waals surface area contributed by atoms with Crippen LogP contribution < -0.4 is 5.32 Å². The summed E-state index contributed by atoms with van der Waals surface area (Å²) in [5.74, 6) is -1.38. The number of carbonyl (C=O) groups is 2. The fourth-order valence-electron chi connectivity index (χ4n) is 2.48. The number of carbonyl (C=O) groups excluding carboxylic acids is 1. The number of aryl methyl sites for hydroxylation is 2. The number of carboxylic acids is 1. The van der Waals surface area contributed by atoms with E-state index in [0.29, 0.717) is 24.9 Å². The highest BCUT2D eigenvalue weighted by atomic mass is 19.1. The molecule has 2 aromatic rings. The molecule has 132 valence electrons. The number of anilines is 1. The highest BCUT2D eigenvalue weighted by molar-refractivity contribution is 5.92. The van der Waals surface area contributed by atoms with Gasteiger partial charge in [0.2, 0.25) is 5.91 Å². The van der Waals surface area contributed by atoms with Crippen molar-refractivity contribution in [3.8, 4) is 0 Å². The van der Waals surface area contributed by atoms with Crippen LogP contribution in [-0.4, -0.2) is 17.0 Å². The molecule has 0 radical (unpaired) electrons. The van der Waals surface area contributed by atoms with Crippen LogP contribution in [0.5, 0.6) is 0 Å². The number of rotatable bonds is 8. The smallest absolute Gasteiger partial charge is 0.303 e. The summed E-state index contributed by atoms with van der Waals surface area (Å²) in [5.41, 5.74) is 2.48. The Labute approximate surface area is 146 Å². The summed E-state index contributed by atoms with van der Waals surface area (Å²) in [7, 11) is 0. The van der Waals surface area contributed by atoms with E-state index in [1.54, 1.807) is 18.2 Å². The molecule has 0 saturated heterocycles. The van der Waals surface area contributed by atoms with Gasteiger partial charge in [0.15, 0.2) is 0 Å². The van der Waals surface area contributed by atoms with Crippen molar-refractivity contribution in [2.45, 2.75) is 32.6 Å². The van der Waals surface area contributed by atoms with Crippen LogP contribution in [0, 0.1) is 11.7 Å². The van der Waals surface area contributed by atoms with Gasteiger partial charge in [0.25, 0.3) is 0 Å². The number of nitrogens with one attached hydrogen (secondary N) is 1. The van der Waals surface area contributed by atoms with E-state index in [4.69, 9.17) is 5.11 Å². The molecule has 0 spiro atoms. The molecule has 0 aliphatic rings. The second kappa shape index (κ2) is 8.97. The topological polar surface area (TPSA) is 66.4 Å². The summed E-state index contributed by atoms with van der Waals surface area (Å²) < 4.78 is 13.2. The molecular weight excluding hydrogens is 321 g/mol. The first-order valence-corrected chi connectivity index (χ1v) is 8.30. The number of hydrogen-bond donors (Lipinski definition) is 2. The molecule has 2 aromatic carbocycles. The minimum Gasteiger partial charge on any atom is -0.481 e. The second-order valence-corrected chi connectivity index (χ2v) is 6.15. The van der Waals surface area contributed by atoms with Crippen LogP contribution in [0.1, 0.15) is 30.9 Å². The molecular formula is C20H22FNO3. The number of halogens is 1. The normalized spacial score (nSPS) is 11.8. The second-order valence-electron chi connectivity index (χ2n) is 6.15. The molecule has 1 unspecified atom stereocenters. The zero-order valence-electron chi connectivity index (χ0n) is 14.2. The van der Waals surface area contributed by atoms with Crippen molar-refractivity contribution in [3.63, 3.8) is 0 Å². The predicted molar refractivity (Wildman–Crippen MR) is 94.9 cm³/mol. The van der Waals surface area contributed by atoms with E-state index in [1.807, 2.05) is 25.1 Å². The summed E-state index contributed by atoms with van der Waals surface area (Å²) in [6, 6.07) is 13.6. The van der Waals surface area contributed by atoms with Crippen LogP contribution in [-0.2, 0) is 22.4 Å². The summed E-state index contributed by atoms with van der Waals surface area (Å²) in [6.45, 7) is 1.84. The maximum Gasteiger partial charge on any atom is 0.303 e. The van der Waals surface area contributed by atoms with Gasteiger partial charge in [-0.15, -0.1) is 0 Å². The van der Waals surface area contributed by atoms with Gasteiger partial charge < -0.3 is 10.4 Å². The van der Waals surface area contributed by atoms with Crippen molar-refractivity contribution in [2.75, 3.05) is 5.32 Å². The van der Waals surface area contributed by atoms with Crippen molar-refractivity contribution in [2.24, 2.45) is 5.92 Å². The lowest BCUT2D eigenvalue weighted by atomic mass is 10.00. The molecule has 1 amide bonds. The van der Waals surface area contributed by atoms with Crippen LogP contribution in [0.25, 0.3) is 0 Å². The fourth-order valence-corrected chi connectivity index (χ4v) is 2.48. The van der Waals surface area contributed by atoms with Crippen LogP contribution in [0.3, 0.4) is 0 Å². The molecule has 5 heteroatoms. The van der Waals surface area contributed by atoms with Crippen LogP contribution in [0.2, 0.25) is 0 Å². The largest absolute Gasteiger partial charge is 0.481 e. The monoisotopic (exact) mass is 343 g/mol. The van der Waals surface area contributed by atoms with Gasteiger partial charge >= 0.3 is 5.97 Å². The van der Waals surface area contributed by atoms with E-state index in [9.17, 15) is 14.0 Å². The predicted octanol–water partition coefficient (Wildman–Crippen LogP) is 4.05. The van der Waals surface area contributed by atoms with E-state index in [-0.39, 0.29) is 24.1 Å². The minimum atomic E-state index is -0.829. The molecule has 0 aliphatic heterocycles. The Hall–Kier alpha value is -2.69.